The fraction of sp³-hybridized carbons (Fsp3) is 0.318. The van der Waals surface area contributed by atoms with Crippen molar-refractivity contribution in [3.8, 4) is 17.2 Å². The van der Waals surface area contributed by atoms with Gasteiger partial charge in [-0.3, -0.25) is 9.69 Å². The van der Waals surface area contributed by atoms with E-state index in [1.54, 1.807) is 31.4 Å². The number of amidine groups is 1. The van der Waals surface area contributed by atoms with Gasteiger partial charge in [-0.2, -0.15) is 5.10 Å². The lowest BCUT2D eigenvalue weighted by Crippen LogP contribution is -2.28. The molecule has 1 aliphatic heterocycles. The van der Waals surface area contributed by atoms with Crippen LogP contribution in [-0.4, -0.2) is 48.8 Å². The third-order valence-electron chi connectivity index (χ3n) is 4.35. The van der Waals surface area contributed by atoms with Crippen LogP contribution in [0.15, 0.2) is 52.7 Å². The first-order valence-electron chi connectivity index (χ1n) is 9.62. The second-order valence-corrected chi connectivity index (χ2v) is 7.45. The normalized spacial score (nSPS) is 15.2. The highest BCUT2D eigenvalue weighted by Gasteiger charge is 2.28. The van der Waals surface area contributed by atoms with Crippen molar-refractivity contribution in [1.82, 2.24) is 4.90 Å². The van der Waals surface area contributed by atoms with Gasteiger partial charge in [0.2, 0.25) is 5.91 Å². The van der Waals surface area contributed by atoms with Crippen molar-refractivity contribution in [2.45, 2.75) is 19.9 Å². The summed E-state index contributed by atoms with van der Waals surface area (Å²) in [6.45, 7) is 3.21. The number of carbonyl (C=O) groups excluding carboxylic acids is 1. The van der Waals surface area contributed by atoms with Crippen LogP contribution in [0.25, 0.3) is 0 Å². The van der Waals surface area contributed by atoms with E-state index in [9.17, 15) is 4.79 Å². The smallest absolute Gasteiger partial charge is 0.239 e. The SMILES string of the molecule is CCCOc1ccc(CN2C(=O)CS/C2=N\N=C\c2ccc(OC)c(OC)c2)cc1. The molecule has 1 fully saturated rings. The minimum atomic E-state index is 0.0198. The van der Waals surface area contributed by atoms with E-state index in [2.05, 4.69) is 17.1 Å². The molecule has 2 aromatic carbocycles. The van der Waals surface area contributed by atoms with Crippen LogP contribution in [0.2, 0.25) is 0 Å². The topological polar surface area (TPSA) is 72.7 Å². The lowest BCUT2D eigenvalue weighted by molar-refractivity contribution is -0.124. The first kappa shape index (κ1) is 21.7. The van der Waals surface area contributed by atoms with Crippen molar-refractivity contribution in [3.63, 3.8) is 0 Å². The molecule has 1 amide bonds. The highest BCUT2D eigenvalue weighted by molar-refractivity contribution is 8.15. The fourth-order valence-electron chi connectivity index (χ4n) is 2.80. The summed E-state index contributed by atoms with van der Waals surface area (Å²) >= 11 is 1.38. The average molecular weight is 428 g/mol. The van der Waals surface area contributed by atoms with E-state index in [4.69, 9.17) is 14.2 Å². The number of nitrogens with zero attached hydrogens (tertiary/aromatic N) is 3. The Morgan fingerprint density at radius 3 is 2.57 bits per heavy atom. The van der Waals surface area contributed by atoms with Gasteiger partial charge in [0.15, 0.2) is 16.7 Å². The number of amides is 1. The zero-order valence-electron chi connectivity index (χ0n) is 17.3. The van der Waals surface area contributed by atoms with Gasteiger partial charge in [0.05, 0.1) is 39.3 Å². The van der Waals surface area contributed by atoms with Gasteiger partial charge >= 0.3 is 0 Å². The Kier molecular flexibility index (Phi) is 7.73. The summed E-state index contributed by atoms with van der Waals surface area (Å²) < 4.78 is 16.1. The number of benzene rings is 2. The van der Waals surface area contributed by atoms with Crippen LogP contribution in [0.5, 0.6) is 17.2 Å². The Hall–Kier alpha value is -3.00. The quantitative estimate of drug-likeness (QED) is 0.447. The molecule has 2 aromatic rings. The predicted molar refractivity (Wildman–Crippen MR) is 120 cm³/mol. The summed E-state index contributed by atoms with van der Waals surface area (Å²) in [5.74, 6) is 2.48. The van der Waals surface area contributed by atoms with Crippen molar-refractivity contribution >= 4 is 29.1 Å². The Morgan fingerprint density at radius 2 is 1.87 bits per heavy atom. The highest BCUT2D eigenvalue weighted by Crippen LogP contribution is 2.27. The number of carbonyl (C=O) groups is 1. The van der Waals surface area contributed by atoms with Crippen LogP contribution < -0.4 is 14.2 Å². The maximum absolute atomic E-state index is 12.3. The molecule has 0 saturated carbocycles. The molecule has 1 saturated heterocycles. The van der Waals surface area contributed by atoms with Crippen molar-refractivity contribution in [2.24, 2.45) is 10.2 Å². The summed E-state index contributed by atoms with van der Waals surface area (Å²) in [4.78, 5) is 14.0. The summed E-state index contributed by atoms with van der Waals surface area (Å²) in [5, 5.41) is 9.01. The molecule has 0 unspecified atom stereocenters. The number of rotatable bonds is 9. The van der Waals surface area contributed by atoms with Crippen LogP contribution in [0.1, 0.15) is 24.5 Å². The fourth-order valence-corrected chi connectivity index (χ4v) is 3.63. The first-order chi connectivity index (χ1) is 14.6. The van der Waals surface area contributed by atoms with E-state index in [1.807, 2.05) is 36.4 Å². The maximum atomic E-state index is 12.3. The molecule has 1 aliphatic rings. The molecule has 0 aromatic heterocycles. The predicted octanol–water partition coefficient (Wildman–Crippen LogP) is 3.96. The third kappa shape index (κ3) is 5.54. The molecule has 3 rings (SSSR count). The van der Waals surface area contributed by atoms with Gasteiger partial charge in [-0.1, -0.05) is 30.8 Å². The van der Waals surface area contributed by atoms with E-state index in [0.29, 0.717) is 35.6 Å². The Labute approximate surface area is 180 Å². The summed E-state index contributed by atoms with van der Waals surface area (Å²) in [6.07, 6.45) is 2.58. The molecule has 0 spiro atoms. The van der Waals surface area contributed by atoms with Crippen molar-refractivity contribution in [1.29, 1.82) is 0 Å². The van der Waals surface area contributed by atoms with E-state index in [0.717, 1.165) is 23.3 Å². The van der Waals surface area contributed by atoms with Crippen LogP contribution in [-0.2, 0) is 11.3 Å². The Bertz CT molecular complexity index is 928. The van der Waals surface area contributed by atoms with E-state index >= 15 is 0 Å². The molecule has 158 valence electrons. The van der Waals surface area contributed by atoms with Crippen LogP contribution in [0, 0.1) is 0 Å². The molecule has 0 atom stereocenters. The molecule has 30 heavy (non-hydrogen) atoms. The van der Waals surface area contributed by atoms with Gasteiger partial charge in [-0.05, 0) is 47.9 Å². The monoisotopic (exact) mass is 427 g/mol. The molecule has 1 heterocycles. The highest BCUT2D eigenvalue weighted by atomic mass is 32.2. The minimum absolute atomic E-state index is 0.0198. The van der Waals surface area contributed by atoms with Crippen molar-refractivity contribution in [2.75, 3.05) is 26.6 Å². The number of hydrogen-bond donors (Lipinski definition) is 0. The molecule has 0 N–H and O–H groups in total. The summed E-state index contributed by atoms with van der Waals surface area (Å²) in [5.41, 5.74) is 1.83. The molecule has 0 bridgehead atoms. The standard InChI is InChI=1S/C22H25N3O4S/c1-4-11-29-18-8-5-16(6-9-18)14-25-21(26)15-30-22(25)24-23-13-17-7-10-19(27-2)20(12-17)28-3/h5-10,12-13H,4,11,14-15H2,1-3H3/b23-13+,24-22-. The van der Waals surface area contributed by atoms with Gasteiger partial charge in [0, 0.05) is 0 Å². The van der Waals surface area contributed by atoms with Crippen LogP contribution in [0.4, 0.5) is 0 Å². The van der Waals surface area contributed by atoms with E-state index < -0.39 is 0 Å². The van der Waals surface area contributed by atoms with Gasteiger partial charge in [0.1, 0.15) is 5.75 Å². The van der Waals surface area contributed by atoms with Gasteiger partial charge in [-0.25, -0.2) is 0 Å². The van der Waals surface area contributed by atoms with E-state index in [-0.39, 0.29) is 5.91 Å². The molecule has 0 radical (unpaired) electrons. The van der Waals surface area contributed by atoms with E-state index in [1.165, 1.54) is 11.8 Å². The number of hydrogen-bond acceptors (Lipinski definition) is 7. The summed E-state index contributed by atoms with van der Waals surface area (Å²) in [6, 6.07) is 13.3. The Morgan fingerprint density at radius 1 is 1.10 bits per heavy atom. The average Bonchev–Trinajstić information content (AvgIpc) is 3.12. The van der Waals surface area contributed by atoms with Gasteiger partial charge in [0.25, 0.3) is 0 Å². The molecular weight excluding hydrogens is 402 g/mol. The minimum Gasteiger partial charge on any atom is -0.494 e. The zero-order chi connectivity index (χ0) is 21.3. The molecular formula is C22H25N3O4S. The zero-order valence-corrected chi connectivity index (χ0v) is 18.1. The van der Waals surface area contributed by atoms with Crippen molar-refractivity contribution < 1.29 is 19.0 Å². The largest absolute Gasteiger partial charge is 0.494 e. The van der Waals surface area contributed by atoms with Crippen LogP contribution >= 0.6 is 11.8 Å². The maximum Gasteiger partial charge on any atom is 0.239 e. The second-order valence-electron chi connectivity index (χ2n) is 6.50. The lowest BCUT2D eigenvalue weighted by atomic mass is 10.2. The van der Waals surface area contributed by atoms with Crippen molar-refractivity contribution in [3.05, 3.63) is 53.6 Å². The van der Waals surface area contributed by atoms with Crippen LogP contribution in [0.3, 0.4) is 0 Å². The lowest BCUT2D eigenvalue weighted by Gasteiger charge is -2.15. The third-order valence-corrected chi connectivity index (χ3v) is 5.30. The number of ether oxygens (including phenoxy) is 3. The van der Waals surface area contributed by atoms with Gasteiger partial charge < -0.3 is 14.2 Å². The molecule has 0 aliphatic carbocycles. The molecule has 7 nitrogen and oxygen atoms in total. The second kappa shape index (κ2) is 10.7. The Balaban J connectivity index is 1.68. The number of thioether (sulfide) groups is 1. The number of methoxy groups -OCH3 is 2. The van der Waals surface area contributed by atoms with Gasteiger partial charge in [-0.15, -0.1) is 5.10 Å². The first-order valence-corrected chi connectivity index (χ1v) is 10.6. The summed E-state index contributed by atoms with van der Waals surface area (Å²) in [7, 11) is 3.17. The molecule has 8 heteroatoms.